The molecule has 1 amide bonds. The van der Waals surface area contributed by atoms with Crippen LogP contribution < -0.4 is 15.4 Å². The van der Waals surface area contributed by atoms with Gasteiger partial charge in [0.25, 0.3) is 10.1 Å². The van der Waals surface area contributed by atoms with Crippen LogP contribution in [0.2, 0.25) is 5.02 Å². The van der Waals surface area contributed by atoms with E-state index in [2.05, 4.69) is 24.8 Å². The SMILES string of the molecule is CS(=O)(=O)OCCC(=O)NCCn1ccc2ncnc(Nc3ccc(Oc4cccc(C(F)(F)F)c4)c(Cl)c3)c21. The highest BCUT2D eigenvalue weighted by Crippen LogP contribution is 2.36. The van der Waals surface area contributed by atoms with Gasteiger partial charge in [-0.1, -0.05) is 17.7 Å². The molecule has 0 spiro atoms. The van der Waals surface area contributed by atoms with Crippen LogP contribution in [-0.2, 0) is 31.8 Å². The lowest BCUT2D eigenvalue weighted by atomic mass is 10.2. The lowest BCUT2D eigenvalue weighted by Crippen LogP contribution is -2.28. The Labute approximate surface area is 232 Å². The van der Waals surface area contributed by atoms with Gasteiger partial charge < -0.3 is 19.9 Å². The minimum atomic E-state index is -4.50. The molecule has 15 heteroatoms. The third kappa shape index (κ3) is 7.83. The van der Waals surface area contributed by atoms with Gasteiger partial charge in [0.05, 0.1) is 35.4 Å². The number of amides is 1. The van der Waals surface area contributed by atoms with Crippen molar-refractivity contribution in [1.82, 2.24) is 19.9 Å². The van der Waals surface area contributed by atoms with E-state index in [0.29, 0.717) is 29.1 Å². The van der Waals surface area contributed by atoms with Gasteiger partial charge in [0, 0.05) is 25.0 Å². The van der Waals surface area contributed by atoms with Crippen LogP contribution in [0.15, 0.2) is 61.1 Å². The largest absolute Gasteiger partial charge is 0.456 e. The Morgan fingerprint density at radius 1 is 1.12 bits per heavy atom. The first kappa shape index (κ1) is 29.1. The molecule has 0 radical (unpaired) electrons. The smallest absolute Gasteiger partial charge is 0.416 e. The van der Waals surface area contributed by atoms with E-state index in [4.69, 9.17) is 16.3 Å². The zero-order chi connectivity index (χ0) is 28.9. The van der Waals surface area contributed by atoms with Crippen LogP contribution >= 0.6 is 11.6 Å². The lowest BCUT2D eigenvalue weighted by molar-refractivity contribution is -0.137. The van der Waals surface area contributed by atoms with E-state index in [9.17, 15) is 26.4 Å². The van der Waals surface area contributed by atoms with Crippen molar-refractivity contribution in [3.05, 3.63) is 71.6 Å². The maximum Gasteiger partial charge on any atom is 0.416 e. The highest BCUT2D eigenvalue weighted by molar-refractivity contribution is 7.85. The summed E-state index contributed by atoms with van der Waals surface area (Å²) < 4.78 is 73.0. The normalized spacial score (nSPS) is 11.9. The zero-order valence-electron chi connectivity index (χ0n) is 20.9. The van der Waals surface area contributed by atoms with E-state index in [1.807, 2.05) is 4.57 Å². The number of carbonyl (C=O) groups is 1. The number of hydrogen-bond acceptors (Lipinski definition) is 8. The van der Waals surface area contributed by atoms with E-state index in [1.54, 1.807) is 24.4 Å². The highest BCUT2D eigenvalue weighted by Gasteiger charge is 2.30. The number of anilines is 2. The summed E-state index contributed by atoms with van der Waals surface area (Å²) in [4.78, 5) is 20.5. The predicted molar refractivity (Wildman–Crippen MR) is 142 cm³/mol. The Morgan fingerprint density at radius 3 is 2.65 bits per heavy atom. The zero-order valence-corrected chi connectivity index (χ0v) is 22.5. The van der Waals surface area contributed by atoms with Gasteiger partial charge in [-0.25, -0.2) is 9.97 Å². The highest BCUT2D eigenvalue weighted by atomic mass is 35.5. The standard InChI is InChI=1S/C25H23ClF3N5O5S/c1-40(36,37)38-12-8-22(35)30-9-11-34-10-7-20-23(34)24(32-15-31-20)33-17-5-6-21(19(26)14-17)39-18-4-2-3-16(13-18)25(27,28)29/h2-7,10,13-15H,8-9,11-12H2,1H3,(H,30,35)(H,31,32,33). The molecule has 0 atom stereocenters. The Bertz CT molecular complexity index is 1630. The molecule has 4 rings (SSSR count). The van der Waals surface area contributed by atoms with E-state index >= 15 is 0 Å². The Morgan fingerprint density at radius 2 is 1.93 bits per heavy atom. The van der Waals surface area contributed by atoms with E-state index < -0.39 is 21.9 Å². The molecule has 0 aliphatic rings. The van der Waals surface area contributed by atoms with Crippen molar-refractivity contribution in [2.24, 2.45) is 0 Å². The number of aromatic nitrogens is 3. The Hall–Kier alpha value is -3.88. The molecule has 2 aromatic heterocycles. The molecule has 0 aliphatic heterocycles. The molecule has 0 saturated carbocycles. The maximum absolute atomic E-state index is 13.0. The fraction of sp³-hybridized carbons (Fsp3) is 0.240. The average Bonchev–Trinajstić information content (AvgIpc) is 3.29. The van der Waals surface area contributed by atoms with Crippen molar-refractivity contribution in [3.8, 4) is 11.5 Å². The van der Waals surface area contributed by atoms with Gasteiger partial charge in [-0.15, -0.1) is 0 Å². The second-order valence-corrected chi connectivity index (χ2v) is 10.5. The van der Waals surface area contributed by atoms with Crippen molar-refractivity contribution in [1.29, 1.82) is 0 Å². The third-order valence-electron chi connectivity index (χ3n) is 5.44. The summed E-state index contributed by atoms with van der Waals surface area (Å²) in [5, 5.41) is 6.01. The van der Waals surface area contributed by atoms with Gasteiger partial charge in [0.2, 0.25) is 5.91 Å². The van der Waals surface area contributed by atoms with Crippen LogP contribution in [-0.4, -0.2) is 48.3 Å². The summed E-state index contributed by atoms with van der Waals surface area (Å²) >= 11 is 6.36. The Kier molecular flexibility index (Phi) is 8.81. The van der Waals surface area contributed by atoms with Crippen LogP contribution in [0.3, 0.4) is 0 Å². The van der Waals surface area contributed by atoms with E-state index in [1.165, 1.54) is 24.5 Å². The topological polar surface area (TPSA) is 124 Å². The monoisotopic (exact) mass is 597 g/mol. The molecular weight excluding hydrogens is 575 g/mol. The van der Waals surface area contributed by atoms with Gasteiger partial charge in [0.1, 0.15) is 23.3 Å². The van der Waals surface area contributed by atoms with Crippen LogP contribution in [0.25, 0.3) is 11.0 Å². The number of fused-ring (bicyclic) bond motifs is 1. The number of benzene rings is 2. The average molecular weight is 598 g/mol. The minimum Gasteiger partial charge on any atom is -0.456 e. The molecule has 0 fully saturated rings. The number of halogens is 4. The number of hydrogen-bond donors (Lipinski definition) is 2. The molecule has 4 aromatic rings. The molecule has 2 aromatic carbocycles. The van der Waals surface area contributed by atoms with Crippen LogP contribution in [0.4, 0.5) is 24.7 Å². The number of rotatable bonds is 11. The predicted octanol–water partition coefficient (Wildman–Crippen LogP) is 5.12. The first-order chi connectivity index (χ1) is 18.9. The summed E-state index contributed by atoms with van der Waals surface area (Å²) in [7, 11) is -3.61. The molecule has 0 unspecified atom stereocenters. The van der Waals surface area contributed by atoms with E-state index in [0.717, 1.165) is 18.4 Å². The quantitative estimate of drug-likeness (QED) is 0.228. The third-order valence-corrected chi connectivity index (χ3v) is 6.33. The summed E-state index contributed by atoms with van der Waals surface area (Å²) in [6.07, 6.45) is -0.540. The lowest BCUT2D eigenvalue weighted by Gasteiger charge is -2.13. The first-order valence-corrected chi connectivity index (χ1v) is 13.9. The molecule has 0 aliphatic carbocycles. The van der Waals surface area contributed by atoms with Gasteiger partial charge >= 0.3 is 6.18 Å². The van der Waals surface area contributed by atoms with Crippen molar-refractivity contribution < 1.29 is 35.3 Å². The molecule has 212 valence electrons. The molecule has 2 N–H and O–H groups in total. The molecule has 40 heavy (non-hydrogen) atoms. The summed E-state index contributed by atoms with van der Waals surface area (Å²) in [5.41, 5.74) is 0.989. The number of nitrogens with zero attached hydrogens (tertiary/aromatic N) is 3. The minimum absolute atomic E-state index is 0.0113. The molecule has 0 bridgehead atoms. The molecular formula is C25H23ClF3N5O5S. The van der Waals surface area contributed by atoms with Crippen molar-refractivity contribution in [2.45, 2.75) is 19.1 Å². The summed E-state index contributed by atoms with van der Waals surface area (Å²) in [6, 6.07) is 11.0. The van der Waals surface area contributed by atoms with Gasteiger partial charge in [-0.05, 0) is 42.5 Å². The Balaban J connectivity index is 1.43. The van der Waals surface area contributed by atoms with Crippen molar-refractivity contribution in [2.75, 3.05) is 24.7 Å². The van der Waals surface area contributed by atoms with Gasteiger partial charge in [-0.3, -0.25) is 8.98 Å². The van der Waals surface area contributed by atoms with Gasteiger partial charge in [0.15, 0.2) is 5.82 Å². The number of nitrogens with one attached hydrogen (secondary N) is 2. The molecule has 10 nitrogen and oxygen atoms in total. The maximum atomic E-state index is 13.0. The summed E-state index contributed by atoms with van der Waals surface area (Å²) in [6.45, 7) is 0.378. The van der Waals surface area contributed by atoms with Crippen LogP contribution in [0.1, 0.15) is 12.0 Å². The number of ether oxygens (including phenoxy) is 1. The van der Waals surface area contributed by atoms with E-state index in [-0.39, 0.29) is 42.0 Å². The number of carbonyl (C=O) groups excluding carboxylic acids is 1. The first-order valence-electron chi connectivity index (χ1n) is 11.7. The fourth-order valence-electron chi connectivity index (χ4n) is 3.66. The molecule has 2 heterocycles. The van der Waals surface area contributed by atoms with Crippen molar-refractivity contribution >= 4 is 50.2 Å². The van der Waals surface area contributed by atoms with Gasteiger partial charge in [-0.2, -0.15) is 21.6 Å². The second kappa shape index (κ2) is 12.1. The summed E-state index contributed by atoms with van der Waals surface area (Å²) in [5.74, 6) is 0.241. The number of alkyl halides is 3. The second-order valence-electron chi connectivity index (χ2n) is 8.49. The molecule has 0 saturated heterocycles. The van der Waals surface area contributed by atoms with Crippen LogP contribution in [0, 0.1) is 0 Å². The fourth-order valence-corrected chi connectivity index (χ4v) is 4.27. The van der Waals surface area contributed by atoms with Crippen molar-refractivity contribution in [3.63, 3.8) is 0 Å². The van der Waals surface area contributed by atoms with Crippen LogP contribution in [0.5, 0.6) is 11.5 Å².